The second-order valence-corrected chi connectivity index (χ2v) is 8.06. The average Bonchev–Trinajstić information content (AvgIpc) is 3.08. The molecule has 5 atom stereocenters. The Kier molecular flexibility index (Phi) is 3.85. The number of Topliss-reactive ketones (excluding diaryl/α,β-unsaturated/α-hetero) is 2. The SMILES string of the molecule is CCC(C)(C)C(=O)OC1C2CC3C1OC(=O)C3(C(=O)CC(C)=O)C2. The standard InChI is InChI=1S/C18H24O6/c1-5-17(3,4)15(21)23-13-10-7-11-14(13)24-16(22)18(11,8-10)12(20)6-9(2)19/h10-11,13-14H,5-8H2,1-4H3. The molecule has 1 heterocycles. The molecule has 6 nitrogen and oxygen atoms in total. The van der Waals surface area contributed by atoms with Gasteiger partial charge < -0.3 is 9.47 Å². The molecule has 0 N–H and O–H groups in total. The van der Waals surface area contributed by atoms with E-state index in [0.717, 1.165) is 0 Å². The Balaban J connectivity index is 1.80. The summed E-state index contributed by atoms with van der Waals surface area (Å²) in [5, 5.41) is 0. The zero-order valence-electron chi connectivity index (χ0n) is 14.6. The monoisotopic (exact) mass is 336 g/mol. The molecule has 3 rings (SSSR count). The largest absolute Gasteiger partial charge is 0.458 e. The first-order valence-electron chi connectivity index (χ1n) is 8.58. The van der Waals surface area contributed by atoms with Gasteiger partial charge in [-0.1, -0.05) is 6.92 Å². The summed E-state index contributed by atoms with van der Waals surface area (Å²) in [5.41, 5.74) is -1.78. The second kappa shape index (κ2) is 5.39. The Bertz CT molecular complexity index is 621. The van der Waals surface area contributed by atoms with Crippen LogP contribution in [0.2, 0.25) is 0 Å². The van der Waals surface area contributed by atoms with Gasteiger partial charge in [0.05, 0.1) is 11.8 Å². The molecule has 132 valence electrons. The molecule has 0 aromatic rings. The first-order valence-corrected chi connectivity index (χ1v) is 8.58. The van der Waals surface area contributed by atoms with Crippen LogP contribution in [0.4, 0.5) is 0 Å². The van der Waals surface area contributed by atoms with Crippen LogP contribution in [-0.2, 0) is 28.7 Å². The van der Waals surface area contributed by atoms with Crippen molar-refractivity contribution in [3.8, 4) is 0 Å². The fourth-order valence-electron chi connectivity index (χ4n) is 4.36. The normalized spacial score (nSPS) is 36.6. The number of carbonyl (C=O) groups is 4. The minimum atomic E-state index is -1.19. The van der Waals surface area contributed by atoms with Crippen molar-refractivity contribution in [3.63, 3.8) is 0 Å². The molecule has 3 fully saturated rings. The molecule has 0 radical (unpaired) electrons. The summed E-state index contributed by atoms with van der Waals surface area (Å²) in [7, 11) is 0. The van der Waals surface area contributed by atoms with Crippen LogP contribution in [0.25, 0.3) is 0 Å². The van der Waals surface area contributed by atoms with Gasteiger partial charge in [0.15, 0.2) is 5.78 Å². The van der Waals surface area contributed by atoms with Gasteiger partial charge in [-0.05, 0) is 40.0 Å². The summed E-state index contributed by atoms with van der Waals surface area (Å²) in [5.74, 6) is -1.76. The summed E-state index contributed by atoms with van der Waals surface area (Å²) >= 11 is 0. The Labute approximate surface area is 141 Å². The van der Waals surface area contributed by atoms with E-state index < -0.39 is 29.0 Å². The molecule has 2 saturated carbocycles. The van der Waals surface area contributed by atoms with Gasteiger partial charge in [0.25, 0.3) is 0 Å². The van der Waals surface area contributed by atoms with Crippen molar-refractivity contribution in [1.82, 2.24) is 0 Å². The smallest absolute Gasteiger partial charge is 0.320 e. The van der Waals surface area contributed by atoms with Gasteiger partial charge in [-0.2, -0.15) is 0 Å². The Morgan fingerprint density at radius 2 is 2.00 bits per heavy atom. The third-order valence-corrected chi connectivity index (χ3v) is 6.15. The highest BCUT2D eigenvalue weighted by Gasteiger charge is 2.74. The number of ether oxygens (including phenoxy) is 2. The van der Waals surface area contributed by atoms with Crippen molar-refractivity contribution in [2.45, 2.75) is 65.6 Å². The average molecular weight is 336 g/mol. The van der Waals surface area contributed by atoms with Crippen LogP contribution in [0.1, 0.15) is 53.4 Å². The molecular formula is C18H24O6. The molecule has 24 heavy (non-hydrogen) atoms. The van der Waals surface area contributed by atoms with Gasteiger partial charge in [-0.3, -0.25) is 19.2 Å². The molecule has 2 bridgehead atoms. The molecule has 0 aromatic heterocycles. The zero-order valence-corrected chi connectivity index (χ0v) is 14.6. The Morgan fingerprint density at radius 3 is 2.58 bits per heavy atom. The number of carbonyl (C=O) groups excluding carboxylic acids is 4. The van der Waals surface area contributed by atoms with E-state index in [9.17, 15) is 19.2 Å². The van der Waals surface area contributed by atoms with Gasteiger partial charge in [-0.25, -0.2) is 0 Å². The van der Waals surface area contributed by atoms with Crippen LogP contribution in [0.15, 0.2) is 0 Å². The van der Waals surface area contributed by atoms with Crippen molar-refractivity contribution in [2.75, 3.05) is 0 Å². The number of fused-ring (bicyclic) bond motifs is 1. The maximum Gasteiger partial charge on any atom is 0.320 e. The predicted molar refractivity (Wildman–Crippen MR) is 82.8 cm³/mol. The van der Waals surface area contributed by atoms with Gasteiger partial charge in [0, 0.05) is 11.8 Å². The van der Waals surface area contributed by atoms with E-state index in [4.69, 9.17) is 9.47 Å². The highest BCUT2D eigenvalue weighted by atomic mass is 16.6. The zero-order chi connectivity index (χ0) is 17.9. The van der Waals surface area contributed by atoms with Gasteiger partial charge in [-0.15, -0.1) is 0 Å². The molecule has 3 aliphatic rings. The van der Waals surface area contributed by atoms with E-state index in [1.54, 1.807) is 0 Å². The number of rotatable bonds is 6. The summed E-state index contributed by atoms with van der Waals surface area (Å²) in [4.78, 5) is 48.6. The van der Waals surface area contributed by atoms with E-state index in [1.807, 2.05) is 20.8 Å². The van der Waals surface area contributed by atoms with E-state index in [-0.39, 0.29) is 35.8 Å². The molecule has 1 aliphatic heterocycles. The summed E-state index contributed by atoms with van der Waals surface area (Å²) in [6, 6.07) is 0. The van der Waals surface area contributed by atoms with Crippen molar-refractivity contribution in [2.24, 2.45) is 22.7 Å². The fraction of sp³-hybridized carbons (Fsp3) is 0.778. The summed E-state index contributed by atoms with van der Waals surface area (Å²) in [6.45, 7) is 6.91. The number of hydrogen-bond donors (Lipinski definition) is 0. The van der Waals surface area contributed by atoms with Crippen LogP contribution in [0, 0.1) is 22.7 Å². The lowest BCUT2D eigenvalue weighted by Gasteiger charge is -2.32. The third-order valence-electron chi connectivity index (χ3n) is 6.15. The molecule has 5 unspecified atom stereocenters. The lowest BCUT2D eigenvalue weighted by Crippen LogP contribution is -2.46. The molecule has 0 amide bonds. The number of esters is 2. The quantitative estimate of drug-likeness (QED) is 0.543. The predicted octanol–water partition coefficient (Wildman–Crippen LogP) is 1.83. The van der Waals surface area contributed by atoms with Crippen LogP contribution in [-0.4, -0.2) is 35.7 Å². The van der Waals surface area contributed by atoms with E-state index in [0.29, 0.717) is 19.3 Å². The molecule has 2 aliphatic carbocycles. The third kappa shape index (κ3) is 2.22. The molecule has 0 aromatic carbocycles. The van der Waals surface area contributed by atoms with Crippen LogP contribution >= 0.6 is 0 Å². The van der Waals surface area contributed by atoms with Crippen LogP contribution < -0.4 is 0 Å². The first-order chi connectivity index (χ1) is 11.1. The lowest BCUT2D eigenvalue weighted by atomic mass is 9.69. The van der Waals surface area contributed by atoms with Gasteiger partial charge >= 0.3 is 11.9 Å². The maximum absolute atomic E-state index is 12.5. The van der Waals surface area contributed by atoms with Crippen molar-refractivity contribution in [3.05, 3.63) is 0 Å². The molecule has 1 saturated heterocycles. The molecule has 0 spiro atoms. The summed E-state index contributed by atoms with van der Waals surface area (Å²) in [6.07, 6.45) is 0.340. The van der Waals surface area contributed by atoms with Crippen molar-refractivity contribution < 1.29 is 28.7 Å². The topological polar surface area (TPSA) is 86.7 Å². The maximum atomic E-state index is 12.5. The Hall–Kier alpha value is -1.72. The molecular weight excluding hydrogens is 312 g/mol. The van der Waals surface area contributed by atoms with E-state index >= 15 is 0 Å². The van der Waals surface area contributed by atoms with E-state index in [1.165, 1.54) is 6.92 Å². The molecule has 6 heteroatoms. The van der Waals surface area contributed by atoms with Gasteiger partial charge in [0.1, 0.15) is 23.4 Å². The lowest BCUT2D eigenvalue weighted by molar-refractivity contribution is -0.170. The van der Waals surface area contributed by atoms with Crippen LogP contribution in [0.3, 0.4) is 0 Å². The fourth-order valence-corrected chi connectivity index (χ4v) is 4.36. The minimum Gasteiger partial charge on any atom is -0.458 e. The second-order valence-electron chi connectivity index (χ2n) is 8.06. The van der Waals surface area contributed by atoms with E-state index in [2.05, 4.69) is 0 Å². The Morgan fingerprint density at radius 1 is 1.33 bits per heavy atom. The van der Waals surface area contributed by atoms with Crippen molar-refractivity contribution >= 4 is 23.5 Å². The highest BCUT2D eigenvalue weighted by Crippen LogP contribution is 2.63. The summed E-state index contributed by atoms with van der Waals surface area (Å²) < 4.78 is 11.1. The van der Waals surface area contributed by atoms with Gasteiger partial charge in [0.2, 0.25) is 0 Å². The number of ketones is 2. The highest BCUT2D eigenvalue weighted by molar-refractivity contribution is 6.12. The van der Waals surface area contributed by atoms with Crippen LogP contribution in [0.5, 0.6) is 0 Å². The first kappa shape index (κ1) is 17.1. The number of hydrogen-bond acceptors (Lipinski definition) is 6. The minimum absolute atomic E-state index is 0.0565. The van der Waals surface area contributed by atoms with Crippen molar-refractivity contribution in [1.29, 1.82) is 0 Å².